The molecule has 8 heteroatoms. The monoisotopic (exact) mass is 379 g/mol. The molecule has 28 heavy (non-hydrogen) atoms. The van der Waals surface area contributed by atoms with Crippen molar-refractivity contribution in [2.24, 2.45) is 5.16 Å². The summed E-state index contributed by atoms with van der Waals surface area (Å²) in [6.07, 6.45) is 6.66. The molecule has 0 spiro atoms. The fraction of sp³-hybridized carbons (Fsp3) is 0.150. The number of nitrogens with zero attached hydrogens (tertiary/aromatic N) is 4. The molecule has 7 nitrogen and oxygen atoms in total. The first kappa shape index (κ1) is 19.1. The van der Waals surface area contributed by atoms with Gasteiger partial charge in [0.25, 0.3) is 11.8 Å². The van der Waals surface area contributed by atoms with Crippen molar-refractivity contribution in [2.75, 3.05) is 5.32 Å². The van der Waals surface area contributed by atoms with E-state index in [-0.39, 0.29) is 11.8 Å². The molecule has 3 aromatic heterocycles. The van der Waals surface area contributed by atoms with Crippen LogP contribution in [-0.2, 0) is 0 Å². The summed E-state index contributed by atoms with van der Waals surface area (Å²) in [7, 11) is 0. The molecule has 0 radical (unpaired) electrons. The average Bonchev–Trinajstić information content (AvgIpc) is 2.71. The smallest absolute Gasteiger partial charge is 0.284 e. The molecular formula is C20H18FN5O2. The van der Waals surface area contributed by atoms with Gasteiger partial charge < -0.3 is 10.2 Å². The van der Waals surface area contributed by atoms with Gasteiger partial charge >= 0.3 is 0 Å². The standard InChI is InChI=1S/C20H18FN5O2/c1-3-17(26-28-20-16(21)5-4-9-23-20)14-6-7-18(24-11-14)25-19(27)15-12-22-10-8-13(15)2/h4-12H,3H2,1-2H3,(H,24,25,27)/b26-17+. The largest absolute Gasteiger partial charge is 0.333 e. The Morgan fingerprint density at radius 2 is 2.04 bits per heavy atom. The number of pyridine rings is 3. The summed E-state index contributed by atoms with van der Waals surface area (Å²) in [6.45, 7) is 3.72. The molecule has 0 saturated heterocycles. The van der Waals surface area contributed by atoms with Gasteiger partial charge in [0, 0.05) is 30.4 Å². The molecular weight excluding hydrogens is 361 g/mol. The molecule has 0 atom stereocenters. The van der Waals surface area contributed by atoms with Gasteiger partial charge in [-0.2, -0.15) is 0 Å². The zero-order chi connectivity index (χ0) is 19.9. The Morgan fingerprint density at radius 3 is 2.71 bits per heavy atom. The number of carbonyl (C=O) groups excluding carboxylic acids is 1. The number of halogens is 1. The maximum absolute atomic E-state index is 13.6. The quantitative estimate of drug-likeness (QED) is 0.520. The van der Waals surface area contributed by atoms with Crippen LogP contribution < -0.4 is 10.2 Å². The molecule has 142 valence electrons. The van der Waals surface area contributed by atoms with Crippen LogP contribution in [0.25, 0.3) is 0 Å². The lowest BCUT2D eigenvalue weighted by molar-refractivity contribution is 0.102. The van der Waals surface area contributed by atoms with E-state index in [9.17, 15) is 9.18 Å². The molecule has 0 bridgehead atoms. The van der Waals surface area contributed by atoms with Gasteiger partial charge in [-0.1, -0.05) is 12.1 Å². The number of anilines is 1. The summed E-state index contributed by atoms with van der Waals surface area (Å²) in [6, 6.07) is 7.88. The summed E-state index contributed by atoms with van der Waals surface area (Å²) >= 11 is 0. The van der Waals surface area contributed by atoms with Gasteiger partial charge in [0.2, 0.25) is 0 Å². The van der Waals surface area contributed by atoms with Gasteiger partial charge in [-0.3, -0.25) is 9.78 Å². The van der Waals surface area contributed by atoms with E-state index < -0.39 is 5.82 Å². The van der Waals surface area contributed by atoms with E-state index in [1.54, 1.807) is 30.6 Å². The van der Waals surface area contributed by atoms with Crippen molar-refractivity contribution in [3.8, 4) is 5.88 Å². The van der Waals surface area contributed by atoms with Crippen LogP contribution in [0.1, 0.15) is 34.8 Å². The van der Waals surface area contributed by atoms with Gasteiger partial charge in [0.1, 0.15) is 5.82 Å². The van der Waals surface area contributed by atoms with Crippen LogP contribution in [0.5, 0.6) is 5.88 Å². The topological polar surface area (TPSA) is 89.4 Å². The van der Waals surface area contributed by atoms with Crippen LogP contribution in [0.3, 0.4) is 0 Å². The Balaban J connectivity index is 1.72. The second kappa shape index (κ2) is 8.81. The van der Waals surface area contributed by atoms with E-state index in [2.05, 4.69) is 25.4 Å². The molecule has 1 N–H and O–H groups in total. The van der Waals surface area contributed by atoms with Gasteiger partial charge in [0.15, 0.2) is 5.82 Å². The molecule has 3 rings (SSSR count). The number of carbonyl (C=O) groups is 1. The molecule has 3 heterocycles. The Kier molecular flexibility index (Phi) is 6.01. The minimum absolute atomic E-state index is 0.197. The molecule has 0 aromatic carbocycles. The Bertz CT molecular complexity index is 1010. The first-order valence-electron chi connectivity index (χ1n) is 8.61. The van der Waals surface area contributed by atoms with E-state index in [1.165, 1.54) is 24.5 Å². The minimum atomic E-state index is -0.594. The maximum Gasteiger partial charge on any atom is 0.284 e. The minimum Gasteiger partial charge on any atom is -0.333 e. The Morgan fingerprint density at radius 1 is 1.18 bits per heavy atom. The predicted molar refractivity (Wildman–Crippen MR) is 103 cm³/mol. The molecule has 1 amide bonds. The SMILES string of the molecule is CC/C(=N\Oc1ncccc1F)c1ccc(NC(=O)c2cnccc2C)nc1. The van der Waals surface area contributed by atoms with Crippen molar-refractivity contribution in [1.82, 2.24) is 15.0 Å². The zero-order valence-electron chi connectivity index (χ0n) is 15.4. The number of hydrogen-bond acceptors (Lipinski definition) is 6. The first-order chi connectivity index (χ1) is 13.6. The predicted octanol–water partition coefficient (Wildman–Crippen LogP) is 3.76. The van der Waals surface area contributed by atoms with Gasteiger partial charge in [0.05, 0.1) is 11.3 Å². The van der Waals surface area contributed by atoms with Gasteiger partial charge in [-0.25, -0.2) is 14.4 Å². The van der Waals surface area contributed by atoms with Crippen molar-refractivity contribution in [2.45, 2.75) is 20.3 Å². The van der Waals surface area contributed by atoms with E-state index in [0.29, 0.717) is 29.1 Å². The number of nitrogens with one attached hydrogen (secondary N) is 1. The lowest BCUT2D eigenvalue weighted by Gasteiger charge is -2.08. The molecule has 0 aliphatic carbocycles. The lowest BCUT2D eigenvalue weighted by atomic mass is 10.1. The fourth-order valence-electron chi connectivity index (χ4n) is 2.38. The van der Waals surface area contributed by atoms with Crippen molar-refractivity contribution >= 4 is 17.4 Å². The normalized spacial score (nSPS) is 11.2. The van der Waals surface area contributed by atoms with Crippen molar-refractivity contribution < 1.29 is 14.0 Å². The highest BCUT2D eigenvalue weighted by molar-refractivity contribution is 6.05. The second-order valence-electron chi connectivity index (χ2n) is 5.85. The van der Waals surface area contributed by atoms with Crippen LogP contribution in [0, 0.1) is 12.7 Å². The highest BCUT2D eigenvalue weighted by Gasteiger charge is 2.11. The summed E-state index contributed by atoms with van der Waals surface area (Å²) in [5.74, 6) is -0.686. The van der Waals surface area contributed by atoms with E-state index in [1.807, 2.05) is 13.8 Å². The zero-order valence-corrected chi connectivity index (χ0v) is 15.4. The van der Waals surface area contributed by atoms with Gasteiger partial charge in [-0.15, -0.1) is 0 Å². The summed E-state index contributed by atoms with van der Waals surface area (Å²) in [4.78, 5) is 29.4. The number of amides is 1. The number of aryl methyl sites for hydroxylation is 1. The molecule has 0 fully saturated rings. The molecule has 0 unspecified atom stereocenters. The van der Waals surface area contributed by atoms with Crippen LogP contribution >= 0.6 is 0 Å². The maximum atomic E-state index is 13.6. The molecule has 0 aliphatic heterocycles. The van der Waals surface area contributed by atoms with Crippen molar-refractivity contribution in [3.63, 3.8) is 0 Å². The molecule has 3 aromatic rings. The second-order valence-corrected chi connectivity index (χ2v) is 5.85. The Hall–Kier alpha value is -3.68. The third-order valence-electron chi connectivity index (χ3n) is 3.92. The van der Waals surface area contributed by atoms with Crippen LogP contribution in [0.15, 0.2) is 60.3 Å². The van der Waals surface area contributed by atoms with Crippen molar-refractivity contribution in [3.05, 3.63) is 77.6 Å². The Labute approximate surface area is 161 Å². The number of hydrogen-bond donors (Lipinski definition) is 1. The molecule has 0 aliphatic rings. The number of rotatable bonds is 6. The van der Waals surface area contributed by atoms with E-state index in [4.69, 9.17) is 4.84 Å². The summed E-state index contributed by atoms with van der Waals surface area (Å²) in [5, 5.41) is 6.70. The third-order valence-corrected chi connectivity index (χ3v) is 3.92. The third kappa shape index (κ3) is 4.53. The van der Waals surface area contributed by atoms with Crippen LogP contribution in [-0.4, -0.2) is 26.6 Å². The van der Waals surface area contributed by atoms with Crippen molar-refractivity contribution in [1.29, 1.82) is 0 Å². The average molecular weight is 379 g/mol. The summed E-state index contributed by atoms with van der Waals surface area (Å²) < 4.78 is 13.6. The van der Waals surface area contributed by atoms with E-state index in [0.717, 1.165) is 5.56 Å². The van der Waals surface area contributed by atoms with Crippen LogP contribution in [0.4, 0.5) is 10.2 Å². The fourth-order valence-corrected chi connectivity index (χ4v) is 2.38. The summed E-state index contributed by atoms with van der Waals surface area (Å²) in [5.41, 5.74) is 2.56. The van der Waals surface area contributed by atoms with Gasteiger partial charge in [-0.05, 0) is 49.2 Å². The highest BCUT2D eigenvalue weighted by Crippen LogP contribution is 2.14. The first-order valence-corrected chi connectivity index (χ1v) is 8.61. The van der Waals surface area contributed by atoms with E-state index >= 15 is 0 Å². The highest BCUT2D eigenvalue weighted by atomic mass is 19.1. The molecule has 0 saturated carbocycles. The number of oxime groups is 1. The lowest BCUT2D eigenvalue weighted by Crippen LogP contribution is -2.15. The van der Waals surface area contributed by atoms with Crippen LogP contribution in [0.2, 0.25) is 0 Å². The number of aromatic nitrogens is 3.